The molecular weight excluding hydrogens is 404 g/mol. The summed E-state index contributed by atoms with van der Waals surface area (Å²) < 4.78 is 43.1. The molecule has 1 atom stereocenters. The first kappa shape index (κ1) is 19.2. The van der Waals surface area contributed by atoms with Gasteiger partial charge in [0.1, 0.15) is 9.77 Å². The van der Waals surface area contributed by atoms with Gasteiger partial charge in [0.15, 0.2) is 11.5 Å². The molecule has 0 radical (unpaired) electrons. The van der Waals surface area contributed by atoms with Gasteiger partial charge in [-0.3, -0.25) is 4.79 Å². The molecule has 1 aromatic carbocycles. The van der Waals surface area contributed by atoms with E-state index in [0.717, 1.165) is 16.9 Å². The van der Waals surface area contributed by atoms with Gasteiger partial charge in [-0.1, -0.05) is 6.07 Å². The molecule has 150 valence electrons. The fourth-order valence-electron chi connectivity index (χ4n) is 3.12. The molecular formula is C18H20N2O6S2. The number of carbonyl (C=O) groups is 1. The van der Waals surface area contributed by atoms with Crippen LogP contribution in [0.15, 0.2) is 34.5 Å². The Morgan fingerprint density at radius 1 is 1.18 bits per heavy atom. The SMILES string of the molecule is C[C@@H](NC(=O)c1sccc1S(=O)(=O)N1CCOCC1)c1ccc2c(c1)OCO2. The zero-order valence-electron chi connectivity index (χ0n) is 15.2. The predicted molar refractivity (Wildman–Crippen MR) is 102 cm³/mol. The van der Waals surface area contributed by atoms with E-state index in [1.807, 2.05) is 19.1 Å². The van der Waals surface area contributed by atoms with E-state index < -0.39 is 15.9 Å². The molecule has 0 unspecified atom stereocenters. The number of hydrogen-bond acceptors (Lipinski definition) is 7. The summed E-state index contributed by atoms with van der Waals surface area (Å²) in [5.41, 5.74) is 0.840. The first-order chi connectivity index (χ1) is 13.5. The quantitative estimate of drug-likeness (QED) is 0.789. The Morgan fingerprint density at radius 2 is 1.93 bits per heavy atom. The first-order valence-corrected chi connectivity index (χ1v) is 11.1. The Morgan fingerprint density at radius 3 is 2.71 bits per heavy atom. The third-order valence-electron chi connectivity index (χ3n) is 4.67. The van der Waals surface area contributed by atoms with Crippen molar-refractivity contribution in [1.82, 2.24) is 9.62 Å². The molecule has 1 fully saturated rings. The summed E-state index contributed by atoms with van der Waals surface area (Å²) >= 11 is 1.11. The molecule has 8 nitrogen and oxygen atoms in total. The number of thiophene rings is 1. The van der Waals surface area contributed by atoms with Crippen LogP contribution in [0.5, 0.6) is 11.5 Å². The van der Waals surface area contributed by atoms with E-state index in [1.165, 1.54) is 10.4 Å². The van der Waals surface area contributed by atoms with Crippen LogP contribution in [-0.4, -0.2) is 51.7 Å². The van der Waals surface area contributed by atoms with Crippen LogP contribution in [0.3, 0.4) is 0 Å². The van der Waals surface area contributed by atoms with Crippen molar-refractivity contribution in [1.29, 1.82) is 0 Å². The zero-order valence-corrected chi connectivity index (χ0v) is 16.8. The minimum absolute atomic E-state index is 0.0368. The maximum atomic E-state index is 12.9. The van der Waals surface area contributed by atoms with Crippen LogP contribution >= 0.6 is 11.3 Å². The fraction of sp³-hybridized carbons (Fsp3) is 0.389. The summed E-state index contributed by atoms with van der Waals surface area (Å²) in [5, 5.41) is 4.49. The lowest BCUT2D eigenvalue weighted by molar-refractivity contribution is 0.0730. The lowest BCUT2D eigenvalue weighted by atomic mass is 10.1. The molecule has 2 aliphatic rings. The number of fused-ring (bicyclic) bond motifs is 1. The predicted octanol–water partition coefficient (Wildman–Crippen LogP) is 1.99. The molecule has 0 saturated carbocycles. The number of sulfonamides is 1. The van der Waals surface area contributed by atoms with Crippen LogP contribution in [-0.2, 0) is 14.8 Å². The summed E-state index contributed by atoms with van der Waals surface area (Å²) in [4.78, 5) is 13.0. The molecule has 1 amide bonds. The molecule has 2 aliphatic heterocycles. The summed E-state index contributed by atoms with van der Waals surface area (Å²) in [5.74, 6) is 0.872. The Hall–Kier alpha value is -2.14. The van der Waals surface area contributed by atoms with E-state index in [2.05, 4.69) is 5.32 Å². The Balaban J connectivity index is 1.52. The van der Waals surface area contributed by atoms with Crippen LogP contribution in [0.25, 0.3) is 0 Å². The van der Waals surface area contributed by atoms with Crippen molar-refractivity contribution in [2.75, 3.05) is 33.1 Å². The molecule has 1 aromatic heterocycles. The zero-order chi connectivity index (χ0) is 19.7. The van der Waals surface area contributed by atoms with E-state index in [-0.39, 0.29) is 35.7 Å². The largest absolute Gasteiger partial charge is 0.454 e. The van der Waals surface area contributed by atoms with Gasteiger partial charge in [0.2, 0.25) is 16.8 Å². The molecule has 0 aliphatic carbocycles. The van der Waals surface area contributed by atoms with Crippen molar-refractivity contribution in [3.63, 3.8) is 0 Å². The number of hydrogen-bond donors (Lipinski definition) is 1. The van der Waals surface area contributed by atoms with Crippen molar-refractivity contribution >= 4 is 27.3 Å². The third kappa shape index (κ3) is 3.60. The summed E-state index contributed by atoms with van der Waals surface area (Å²) in [6.45, 7) is 3.29. The Labute approximate surface area is 167 Å². The van der Waals surface area contributed by atoms with Gasteiger partial charge in [0.05, 0.1) is 19.3 Å². The third-order valence-corrected chi connectivity index (χ3v) is 7.65. The molecule has 0 spiro atoms. The Kier molecular flexibility index (Phi) is 5.28. The minimum atomic E-state index is -3.74. The van der Waals surface area contributed by atoms with Crippen LogP contribution in [0.4, 0.5) is 0 Å². The van der Waals surface area contributed by atoms with Gasteiger partial charge in [-0.2, -0.15) is 4.31 Å². The van der Waals surface area contributed by atoms with E-state index in [0.29, 0.717) is 24.7 Å². The smallest absolute Gasteiger partial charge is 0.263 e. The highest BCUT2D eigenvalue weighted by molar-refractivity contribution is 7.89. The minimum Gasteiger partial charge on any atom is -0.454 e. The van der Waals surface area contributed by atoms with E-state index in [4.69, 9.17) is 14.2 Å². The monoisotopic (exact) mass is 424 g/mol. The van der Waals surface area contributed by atoms with Crippen LogP contribution in [0, 0.1) is 0 Å². The van der Waals surface area contributed by atoms with Gasteiger partial charge in [0, 0.05) is 13.1 Å². The topological polar surface area (TPSA) is 94.2 Å². The standard InChI is InChI=1S/C18H20N2O6S2/c1-12(13-2-3-14-15(10-13)26-11-25-14)19-18(21)17-16(4-9-27-17)28(22,23)20-5-7-24-8-6-20/h2-4,9-10,12H,5-8,11H2,1H3,(H,19,21)/t12-/m1/s1. The molecule has 2 aromatic rings. The van der Waals surface area contributed by atoms with E-state index in [9.17, 15) is 13.2 Å². The average molecular weight is 425 g/mol. The van der Waals surface area contributed by atoms with Crippen LogP contribution in [0.1, 0.15) is 28.2 Å². The van der Waals surface area contributed by atoms with E-state index in [1.54, 1.807) is 11.4 Å². The highest BCUT2D eigenvalue weighted by atomic mass is 32.2. The second-order valence-corrected chi connectivity index (χ2v) is 9.26. The van der Waals surface area contributed by atoms with Crippen LogP contribution < -0.4 is 14.8 Å². The highest BCUT2D eigenvalue weighted by Gasteiger charge is 2.31. The highest BCUT2D eigenvalue weighted by Crippen LogP contribution is 2.34. The Bertz CT molecular complexity index is 982. The van der Waals surface area contributed by atoms with E-state index >= 15 is 0 Å². The van der Waals surface area contributed by atoms with Crippen molar-refractivity contribution < 1.29 is 27.4 Å². The summed E-state index contributed by atoms with van der Waals surface area (Å²) in [7, 11) is -3.74. The van der Waals surface area contributed by atoms with Crippen LogP contribution in [0.2, 0.25) is 0 Å². The molecule has 28 heavy (non-hydrogen) atoms. The number of morpholine rings is 1. The summed E-state index contributed by atoms with van der Waals surface area (Å²) in [6.07, 6.45) is 0. The number of amides is 1. The van der Waals surface area contributed by atoms with Crippen molar-refractivity contribution in [3.8, 4) is 11.5 Å². The number of nitrogens with zero attached hydrogens (tertiary/aromatic N) is 1. The van der Waals surface area contributed by atoms with Gasteiger partial charge < -0.3 is 19.5 Å². The second-order valence-electron chi connectivity index (χ2n) is 6.44. The number of nitrogens with one attached hydrogen (secondary N) is 1. The average Bonchev–Trinajstić information content (AvgIpc) is 3.37. The van der Waals surface area contributed by atoms with Crippen molar-refractivity contribution in [2.24, 2.45) is 0 Å². The number of carbonyl (C=O) groups excluding carboxylic acids is 1. The lowest BCUT2D eigenvalue weighted by Crippen LogP contribution is -2.41. The van der Waals surface area contributed by atoms with Gasteiger partial charge in [0.25, 0.3) is 5.91 Å². The molecule has 1 N–H and O–H groups in total. The maximum Gasteiger partial charge on any atom is 0.263 e. The van der Waals surface area contributed by atoms with Gasteiger partial charge in [-0.05, 0) is 36.1 Å². The normalized spacial score (nSPS) is 18.0. The lowest BCUT2D eigenvalue weighted by Gasteiger charge is -2.26. The first-order valence-electron chi connectivity index (χ1n) is 8.82. The maximum absolute atomic E-state index is 12.9. The number of ether oxygens (including phenoxy) is 3. The van der Waals surface area contributed by atoms with Crippen molar-refractivity contribution in [2.45, 2.75) is 17.9 Å². The van der Waals surface area contributed by atoms with Gasteiger partial charge in [-0.25, -0.2) is 8.42 Å². The van der Waals surface area contributed by atoms with Gasteiger partial charge in [-0.15, -0.1) is 11.3 Å². The number of rotatable bonds is 5. The van der Waals surface area contributed by atoms with Crippen molar-refractivity contribution in [3.05, 3.63) is 40.1 Å². The number of benzene rings is 1. The molecule has 0 bridgehead atoms. The summed E-state index contributed by atoms with van der Waals surface area (Å²) in [6, 6.07) is 6.60. The second kappa shape index (κ2) is 7.70. The molecule has 4 rings (SSSR count). The fourth-order valence-corrected chi connectivity index (χ4v) is 5.83. The molecule has 3 heterocycles. The molecule has 10 heteroatoms. The molecule has 1 saturated heterocycles. The van der Waals surface area contributed by atoms with Gasteiger partial charge >= 0.3 is 0 Å².